The quantitative estimate of drug-likeness (QED) is 0.863. The highest BCUT2D eigenvalue weighted by Crippen LogP contribution is 2.13. The lowest BCUT2D eigenvalue weighted by molar-refractivity contribution is 0.0674. The zero-order valence-electron chi connectivity index (χ0n) is 12.4. The standard InChI is InChI=1S/C15H27N3S/c1-4-14-12-18(8-7-17(14)3)13(2)10-16-11-15-6-5-9-19-15/h5-6,9,13-14,16H,4,7-8,10-12H2,1-3H3. The number of likely N-dealkylation sites (N-methyl/N-ethyl adjacent to an activating group) is 1. The van der Waals surface area contributed by atoms with Crippen molar-refractivity contribution in [2.24, 2.45) is 0 Å². The van der Waals surface area contributed by atoms with Crippen LogP contribution in [-0.4, -0.2) is 55.1 Å². The molecule has 2 unspecified atom stereocenters. The first-order valence-electron chi connectivity index (χ1n) is 7.38. The molecule has 1 saturated heterocycles. The molecule has 1 aliphatic rings. The molecule has 3 nitrogen and oxygen atoms in total. The third kappa shape index (κ3) is 4.28. The first-order chi connectivity index (χ1) is 9.20. The van der Waals surface area contributed by atoms with Crippen molar-refractivity contribution in [3.05, 3.63) is 22.4 Å². The summed E-state index contributed by atoms with van der Waals surface area (Å²) < 4.78 is 0. The fourth-order valence-corrected chi connectivity index (χ4v) is 3.43. The second-order valence-electron chi connectivity index (χ2n) is 5.60. The molecule has 1 N–H and O–H groups in total. The highest BCUT2D eigenvalue weighted by atomic mass is 32.1. The Bertz CT molecular complexity index is 352. The number of piperazine rings is 1. The molecule has 0 amide bonds. The Labute approximate surface area is 121 Å². The summed E-state index contributed by atoms with van der Waals surface area (Å²) in [6.07, 6.45) is 1.25. The van der Waals surface area contributed by atoms with E-state index in [4.69, 9.17) is 0 Å². The highest BCUT2D eigenvalue weighted by Gasteiger charge is 2.25. The van der Waals surface area contributed by atoms with E-state index in [0.717, 1.165) is 19.1 Å². The van der Waals surface area contributed by atoms with E-state index in [1.165, 1.54) is 30.9 Å². The SMILES string of the molecule is CCC1CN(C(C)CNCc2cccs2)CCN1C. The molecule has 0 saturated carbocycles. The van der Waals surface area contributed by atoms with E-state index < -0.39 is 0 Å². The topological polar surface area (TPSA) is 18.5 Å². The van der Waals surface area contributed by atoms with Crippen LogP contribution in [0.2, 0.25) is 0 Å². The Morgan fingerprint density at radius 3 is 3.00 bits per heavy atom. The summed E-state index contributed by atoms with van der Waals surface area (Å²) in [6.45, 7) is 10.4. The summed E-state index contributed by atoms with van der Waals surface area (Å²) >= 11 is 1.83. The third-order valence-electron chi connectivity index (χ3n) is 4.22. The Kier molecular flexibility index (Phi) is 5.82. The predicted molar refractivity (Wildman–Crippen MR) is 83.8 cm³/mol. The lowest BCUT2D eigenvalue weighted by Gasteiger charge is -2.42. The lowest BCUT2D eigenvalue weighted by Crippen LogP contribution is -2.55. The molecule has 0 aliphatic carbocycles. The fourth-order valence-electron chi connectivity index (χ4n) is 2.76. The van der Waals surface area contributed by atoms with Crippen LogP contribution in [0.15, 0.2) is 17.5 Å². The van der Waals surface area contributed by atoms with Crippen molar-refractivity contribution in [2.75, 3.05) is 33.2 Å². The Morgan fingerprint density at radius 1 is 1.47 bits per heavy atom. The molecule has 19 heavy (non-hydrogen) atoms. The Hall–Kier alpha value is -0.420. The van der Waals surface area contributed by atoms with E-state index in [9.17, 15) is 0 Å². The van der Waals surface area contributed by atoms with Crippen molar-refractivity contribution in [2.45, 2.75) is 38.9 Å². The van der Waals surface area contributed by atoms with Crippen LogP contribution in [0, 0.1) is 0 Å². The predicted octanol–water partition coefficient (Wildman–Crippen LogP) is 2.25. The molecule has 0 spiro atoms. The molecule has 0 aromatic carbocycles. The van der Waals surface area contributed by atoms with Crippen molar-refractivity contribution >= 4 is 11.3 Å². The molecule has 0 radical (unpaired) electrons. The number of nitrogens with zero attached hydrogens (tertiary/aromatic N) is 2. The van der Waals surface area contributed by atoms with Gasteiger partial charge in [-0.1, -0.05) is 13.0 Å². The van der Waals surface area contributed by atoms with Gasteiger partial charge in [0.25, 0.3) is 0 Å². The van der Waals surface area contributed by atoms with E-state index in [0.29, 0.717) is 6.04 Å². The summed E-state index contributed by atoms with van der Waals surface area (Å²) in [7, 11) is 2.26. The molecule has 1 aliphatic heterocycles. The van der Waals surface area contributed by atoms with E-state index in [-0.39, 0.29) is 0 Å². The van der Waals surface area contributed by atoms with Gasteiger partial charge < -0.3 is 10.2 Å². The maximum Gasteiger partial charge on any atom is 0.0300 e. The summed E-state index contributed by atoms with van der Waals surface area (Å²) in [5.74, 6) is 0. The summed E-state index contributed by atoms with van der Waals surface area (Å²) in [4.78, 5) is 6.56. The van der Waals surface area contributed by atoms with E-state index in [2.05, 4.69) is 53.5 Å². The van der Waals surface area contributed by atoms with Gasteiger partial charge in [0.05, 0.1) is 0 Å². The average molecular weight is 281 g/mol. The minimum absolute atomic E-state index is 0.628. The van der Waals surface area contributed by atoms with E-state index in [1.54, 1.807) is 0 Å². The number of hydrogen-bond donors (Lipinski definition) is 1. The Morgan fingerprint density at radius 2 is 2.32 bits per heavy atom. The van der Waals surface area contributed by atoms with Crippen LogP contribution in [0.25, 0.3) is 0 Å². The first-order valence-corrected chi connectivity index (χ1v) is 8.26. The molecule has 2 rings (SSSR count). The molecular formula is C15H27N3S. The Balaban J connectivity index is 1.72. The molecule has 4 heteroatoms. The van der Waals surface area contributed by atoms with Gasteiger partial charge in [-0.2, -0.15) is 0 Å². The van der Waals surface area contributed by atoms with Crippen LogP contribution in [0.3, 0.4) is 0 Å². The normalized spacial score (nSPS) is 23.6. The van der Waals surface area contributed by atoms with Gasteiger partial charge >= 0.3 is 0 Å². The molecule has 1 fully saturated rings. The largest absolute Gasteiger partial charge is 0.310 e. The van der Waals surface area contributed by atoms with Crippen LogP contribution in [0.5, 0.6) is 0 Å². The van der Waals surface area contributed by atoms with E-state index >= 15 is 0 Å². The smallest absolute Gasteiger partial charge is 0.0300 e. The minimum Gasteiger partial charge on any atom is -0.310 e. The second kappa shape index (κ2) is 7.39. The van der Waals surface area contributed by atoms with Crippen LogP contribution in [0.4, 0.5) is 0 Å². The maximum atomic E-state index is 3.58. The van der Waals surface area contributed by atoms with Gasteiger partial charge in [0, 0.05) is 49.7 Å². The maximum absolute atomic E-state index is 3.58. The van der Waals surface area contributed by atoms with Crippen molar-refractivity contribution in [3.63, 3.8) is 0 Å². The van der Waals surface area contributed by atoms with E-state index in [1.807, 2.05) is 11.3 Å². The van der Waals surface area contributed by atoms with Crippen LogP contribution < -0.4 is 5.32 Å². The highest BCUT2D eigenvalue weighted by molar-refractivity contribution is 7.09. The van der Waals surface area contributed by atoms with Crippen molar-refractivity contribution in [3.8, 4) is 0 Å². The molecule has 2 heterocycles. The summed E-state index contributed by atoms with van der Waals surface area (Å²) in [5, 5.41) is 5.73. The number of nitrogens with one attached hydrogen (secondary N) is 1. The molecule has 1 aromatic rings. The average Bonchev–Trinajstić information content (AvgIpc) is 2.92. The van der Waals surface area contributed by atoms with Gasteiger partial charge in [0.2, 0.25) is 0 Å². The van der Waals surface area contributed by atoms with Crippen molar-refractivity contribution in [1.29, 1.82) is 0 Å². The fraction of sp³-hybridized carbons (Fsp3) is 0.733. The van der Waals surface area contributed by atoms with Gasteiger partial charge in [-0.05, 0) is 31.8 Å². The van der Waals surface area contributed by atoms with Crippen LogP contribution in [-0.2, 0) is 6.54 Å². The van der Waals surface area contributed by atoms with Crippen molar-refractivity contribution in [1.82, 2.24) is 15.1 Å². The monoisotopic (exact) mass is 281 g/mol. The van der Waals surface area contributed by atoms with Crippen molar-refractivity contribution < 1.29 is 0 Å². The summed E-state index contributed by atoms with van der Waals surface area (Å²) in [6, 6.07) is 5.68. The van der Waals surface area contributed by atoms with Crippen LogP contribution >= 0.6 is 11.3 Å². The van der Waals surface area contributed by atoms with Crippen LogP contribution in [0.1, 0.15) is 25.1 Å². The molecule has 0 bridgehead atoms. The number of hydrogen-bond acceptors (Lipinski definition) is 4. The third-order valence-corrected chi connectivity index (χ3v) is 5.10. The molecule has 108 valence electrons. The number of rotatable bonds is 6. The summed E-state index contributed by atoms with van der Waals surface area (Å²) in [5.41, 5.74) is 0. The molecule has 1 aromatic heterocycles. The van der Waals surface area contributed by atoms with Gasteiger partial charge in [-0.3, -0.25) is 4.90 Å². The lowest BCUT2D eigenvalue weighted by atomic mass is 10.1. The van der Waals surface area contributed by atoms with Gasteiger partial charge in [-0.15, -0.1) is 11.3 Å². The minimum atomic E-state index is 0.628. The first kappa shape index (κ1) is 15.0. The zero-order valence-corrected chi connectivity index (χ0v) is 13.2. The van der Waals surface area contributed by atoms with Gasteiger partial charge in [0.1, 0.15) is 0 Å². The zero-order chi connectivity index (χ0) is 13.7. The van der Waals surface area contributed by atoms with Gasteiger partial charge in [-0.25, -0.2) is 0 Å². The second-order valence-corrected chi connectivity index (χ2v) is 6.63. The molecular weight excluding hydrogens is 254 g/mol. The number of thiophene rings is 1. The molecule has 2 atom stereocenters. The van der Waals surface area contributed by atoms with Gasteiger partial charge in [0.15, 0.2) is 0 Å².